The first-order valence-electron chi connectivity index (χ1n) is 9.02. The largest absolute Gasteiger partial charge is 0.484 e. The van der Waals surface area contributed by atoms with Crippen LogP contribution in [0.25, 0.3) is 11.0 Å². The Hall–Kier alpha value is -2.79. The third-order valence-corrected chi connectivity index (χ3v) is 4.73. The number of halogens is 1. The molecule has 0 saturated heterocycles. The van der Waals surface area contributed by atoms with E-state index in [0.29, 0.717) is 22.0 Å². The fourth-order valence-electron chi connectivity index (χ4n) is 3.13. The van der Waals surface area contributed by atoms with Crippen LogP contribution in [-0.4, -0.2) is 12.5 Å². The van der Waals surface area contributed by atoms with Gasteiger partial charge in [0, 0.05) is 17.5 Å². The standard InChI is InChI=1S/C22H22ClNO4/c1-12(2)17-10-21(26)28-19-9-15(5-6-16(17)19)27-11-20(25)24-22-14(4)7-13(3)8-18(22)23/h5-10,12H,11H2,1-4H3,(H,24,25). The Balaban J connectivity index is 1.75. The third kappa shape index (κ3) is 4.37. The highest BCUT2D eigenvalue weighted by Crippen LogP contribution is 2.28. The van der Waals surface area contributed by atoms with Crippen molar-refractivity contribution in [3.8, 4) is 5.75 Å². The molecule has 0 radical (unpaired) electrons. The van der Waals surface area contributed by atoms with Gasteiger partial charge in [-0.15, -0.1) is 0 Å². The number of amides is 1. The molecule has 0 spiro atoms. The quantitative estimate of drug-likeness (QED) is 0.598. The van der Waals surface area contributed by atoms with E-state index in [9.17, 15) is 9.59 Å². The number of hydrogen-bond donors (Lipinski definition) is 1. The molecule has 1 amide bonds. The van der Waals surface area contributed by atoms with Crippen LogP contribution in [0.15, 0.2) is 45.6 Å². The molecule has 0 aliphatic carbocycles. The van der Waals surface area contributed by atoms with Crippen molar-refractivity contribution in [2.45, 2.75) is 33.6 Å². The SMILES string of the molecule is Cc1cc(C)c(NC(=O)COc2ccc3c(C(C)C)cc(=O)oc3c2)c(Cl)c1. The highest BCUT2D eigenvalue weighted by Gasteiger charge is 2.12. The molecule has 28 heavy (non-hydrogen) atoms. The van der Waals surface area contributed by atoms with Crippen molar-refractivity contribution in [2.75, 3.05) is 11.9 Å². The molecule has 1 N–H and O–H groups in total. The van der Waals surface area contributed by atoms with Gasteiger partial charge in [-0.1, -0.05) is 31.5 Å². The van der Waals surface area contributed by atoms with E-state index in [1.165, 1.54) is 6.07 Å². The number of carbonyl (C=O) groups excluding carboxylic acids is 1. The Morgan fingerprint density at radius 3 is 2.61 bits per heavy atom. The van der Waals surface area contributed by atoms with Crippen molar-refractivity contribution in [1.29, 1.82) is 0 Å². The number of aryl methyl sites for hydroxylation is 2. The summed E-state index contributed by atoms with van der Waals surface area (Å²) in [4.78, 5) is 24.1. The van der Waals surface area contributed by atoms with E-state index < -0.39 is 5.63 Å². The lowest BCUT2D eigenvalue weighted by atomic mass is 10.00. The van der Waals surface area contributed by atoms with Gasteiger partial charge in [0.25, 0.3) is 5.91 Å². The molecule has 3 rings (SSSR count). The summed E-state index contributed by atoms with van der Waals surface area (Å²) in [7, 11) is 0. The van der Waals surface area contributed by atoms with E-state index >= 15 is 0 Å². The van der Waals surface area contributed by atoms with Crippen LogP contribution in [-0.2, 0) is 4.79 Å². The second kappa shape index (κ2) is 8.07. The highest BCUT2D eigenvalue weighted by molar-refractivity contribution is 6.34. The van der Waals surface area contributed by atoms with Gasteiger partial charge in [-0.05, 0) is 54.7 Å². The van der Waals surface area contributed by atoms with Crippen molar-refractivity contribution < 1.29 is 13.9 Å². The van der Waals surface area contributed by atoms with Gasteiger partial charge in [0.15, 0.2) is 6.61 Å². The Labute approximate surface area is 168 Å². The molecule has 3 aromatic rings. The van der Waals surface area contributed by atoms with E-state index in [2.05, 4.69) is 5.32 Å². The fourth-order valence-corrected chi connectivity index (χ4v) is 3.50. The third-order valence-electron chi connectivity index (χ3n) is 4.44. The van der Waals surface area contributed by atoms with Crippen LogP contribution in [0.1, 0.15) is 36.5 Å². The first kappa shape index (κ1) is 20.0. The maximum absolute atomic E-state index is 12.3. The van der Waals surface area contributed by atoms with Gasteiger partial charge in [-0.2, -0.15) is 0 Å². The number of benzene rings is 2. The summed E-state index contributed by atoms with van der Waals surface area (Å²) >= 11 is 6.22. The summed E-state index contributed by atoms with van der Waals surface area (Å²) < 4.78 is 10.9. The van der Waals surface area contributed by atoms with E-state index in [-0.39, 0.29) is 18.4 Å². The van der Waals surface area contributed by atoms with Gasteiger partial charge in [-0.3, -0.25) is 4.79 Å². The van der Waals surface area contributed by atoms with Gasteiger partial charge in [0.05, 0.1) is 10.7 Å². The second-order valence-corrected chi connectivity index (χ2v) is 7.52. The van der Waals surface area contributed by atoms with Gasteiger partial charge in [0.2, 0.25) is 0 Å². The van der Waals surface area contributed by atoms with Crippen molar-refractivity contribution in [3.63, 3.8) is 0 Å². The lowest BCUT2D eigenvalue weighted by Crippen LogP contribution is -2.21. The van der Waals surface area contributed by atoms with Crippen LogP contribution >= 0.6 is 11.6 Å². The number of nitrogens with one attached hydrogen (secondary N) is 1. The minimum Gasteiger partial charge on any atom is -0.484 e. The molecule has 1 aromatic heterocycles. The molecule has 0 atom stereocenters. The predicted molar refractivity (Wildman–Crippen MR) is 112 cm³/mol. The summed E-state index contributed by atoms with van der Waals surface area (Å²) in [5.74, 6) is 0.302. The monoisotopic (exact) mass is 399 g/mol. The molecule has 6 heteroatoms. The number of carbonyl (C=O) groups is 1. The van der Waals surface area contributed by atoms with E-state index in [0.717, 1.165) is 22.1 Å². The Morgan fingerprint density at radius 2 is 1.93 bits per heavy atom. The minimum atomic E-state index is -0.407. The zero-order valence-electron chi connectivity index (χ0n) is 16.3. The van der Waals surface area contributed by atoms with Gasteiger partial charge in [-0.25, -0.2) is 4.79 Å². The molecule has 0 aliphatic rings. The van der Waals surface area contributed by atoms with Crippen LogP contribution < -0.4 is 15.7 Å². The predicted octanol–water partition coefficient (Wildman–Crippen LogP) is 5.20. The average molecular weight is 400 g/mol. The van der Waals surface area contributed by atoms with Crippen molar-refractivity contribution in [3.05, 3.63) is 68.5 Å². The maximum atomic E-state index is 12.3. The van der Waals surface area contributed by atoms with Crippen molar-refractivity contribution >= 4 is 34.2 Å². The highest BCUT2D eigenvalue weighted by atomic mass is 35.5. The second-order valence-electron chi connectivity index (χ2n) is 7.11. The van der Waals surface area contributed by atoms with Crippen LogP contribution in [0, 0.1) is 13.8 Å². The molecule has 5 nitrogen and oxygen atoms in total. The zero-order chi connectivity index (χ0) is 20.4. The lowest BCUT2D eigenvalue weighted by Gasteiger charge is -2.13. The van der Waals surface area contributed by atoms with Crippen molar-refractivity contribution in [2.24, 2.45) is 0 Å². The summed E-state index contributed by atoms with van der Waals surface area (Å²) in [5, 5.41) is 4.12. The van der Waals surface area contributed by atoms with Crippen LogP contribution in [0.4, 0.5) is 5.69 Å². The molecule has 2 aromatic carbocycles. The van der Waals surface area contributed by atoms with E-state index in [1.807, 2.05) is 39.8 Å². The first-order valence-corrected chi connectivity index (χ1v) is 9.39. The maximum Gasteiger partial charge on any atom is 0.336 e. The van der Waals surface area contributed by atoms with Gasteiger partial charge >= 0.3 is 5.63 Å². The van der Waals surface area contributed by atoms with Crippen molar-refractivity contribution in [1.82, 2.24) is 0 Å². The minimum absolute atomic E-state index is 0.187. The van der Waals surface area contributed by atoms with Crippen LogP contribution in [0.3, 0.4) is 0 Å². The normalized spacial score (nSPS) is 11.1. The summed E-state index contributed by atoms with van der Waals surface area (Å²) in [5.41, 5.74) is 3.43. The number of hydrogen-bond acceptors (Lipinski definition) is 4. The topological polar surface area (TPSA) is 68.5 Å². The Morgan fingerprint density at radius 1 is 1.18 bits per heavy atom. The Kier molecular flexibility index (Phi) is 5.75. The number of rotatable bonds is 5. The molecular weight excluding hydrogens is 378 g/mol. The zero-order valence-corrected chi connectivity index (χ0v) is 17.0. The van der Waals surface area contributed by atoms with E-state index in [1.54, 1.807) is 18.2 Å². The molecule has 1 heterocycles. The number of ether oxygens (including phenoxy) is 1. The summed E-state index contributed by atoms with van der Waals surface area (Å²) in [6.07, 6.45) is 0. The fraction of sp³-hybridized carbons (Fsp3) is 0.273. The molecular formula is C22H22ClNO4. The summed E-state index contributed by atoms with van der Waals surface area (Å²) in [6.45, 7) is 7.66. The number of anilines is 1. The smallest absolute Gasteiger partial charge is 0.336 e. The number of fused-ring (bicyclic) bond motifs is 1. The van der Waals surface area contributed by atoms with Crippen LogP contribution in [0.5, 0.6) is 5.75 Å². The molecule has 0 aliphatic heterocycles. The van der Waals surface area contributed by atoms with Gasteiger partial charge in [0.1, 0.15) is 11.3 Å². The first-order chi connectivity index (χ1) is 13.2. The Bertz CT molecular complexity index is 1080. The molecule has 0 unspecified atom stereocenters. The molecule has 146 valence electrons. The molecule has 0 bridgehead atoms. The van der Waals surface area contributed by atoms with E-state index in [4.69, 9.17) is 20.8 Å². The van der Waals surface area contributed by atoms with Gasteiger partial charge < -0.3 is 14.5 Å². The lowest BCUT2D eigenvalue weighted by molar-refractivity contribution is -0.118. The summed E-state index contributed by atoms with van der Waals surface area (Å²) in [6, 6.07) is 10.5. The molecule has 0 fully saturated rings. The average Bonchev–Trinajstić information content (AvgIpc) is 2.61. The van der Waals surface area contributed by atoms with Crippen LogP contribution in [0.2, 0.25) is 5.02 Å². The molecule has 0 saturated carbocycles.